The summed E-state index contributed by atoms with van der Waals surface area (Å²) in [4.78, 5) is 13.2. The molecule has 30 heavy (non-hydrogen) atoms. The van der Waals surface area contributed by atoms with Crippen LogP contribution in [0, 0.1) is 5.92 Å². The minimum Gasteiger partial charge on any atom is -0.465 e. The fourth-order valence-electron chi connectivity index (χ4n) is 5.03. The molecule has 0 spiro atoms. The molecule has 1 aliphatic heterocycles. The van der Waals surface area contributed by atoms with E-state index in [2.05, 4.69) is 81.4 Å². The molecule has 1 N–H and O–H groups in total. The molecule has 1 atom stereocenters. The highest BCUT2D eigenvalue weighted by Gasteiger charge is 2.50. The molecule has 5 heteroatoms. The van der Waals surface area contributed by atoms with Crippen LogP contribution in [0.2, 0.25) is 5.04 Å². The van der Waals surface area contributed by atoms with Gasteiger partial charge in [-0.15, -0.1) is 0 Å². The SMILES string of the molecule is CC1(C)CC(CO[Si](c2ccccc2)(c2ccccc2)C(C)(C)C)CCN1C(=O)O. The van der Waals surface area contributed by atoms with E-state index in [0.717, 1.165) is 12.8 Å². The van der Waals surface area contributed by atoms with Crippen LogP contribution in [0.4, 0.5) is 4.79 Å². The molecule has 1 amide bonds. The van der Waals surface area contributed by atoms with Crippen LogP contribution in [0.5, 0.6) is 0 Å². The molecule has 1 aliphatic rings. The first-order chi connectivity index (χ1) is 14.1. The van der Waals surface area contributed by atoms with E-state index in [0.29, 0.717) is 19.1 Å². The highest BCUT2D eigenvalue weighted by Crippen LogP contribution is 2.38. The lowest BCUT2D eigenvalue weighted by Gasteiger charge is -2.47. The number of benzene rings is 2. The summed E-state index contributed by atoms with van der Waals surface area (Å²) in [6.07, 6.45) is 0.831. The normalized spacial score (nSPS) is 19.5. The van der Waals surface area contributed by atoms with E-state index >= 15 is 0 Å². The fourth-order valence-corrected chi connectivity index (χ4v) is 9.68. The maximum Gasteiger partial charge on any atom is 0.407 e. The van der Waals surface area contributed by atoms with Crippen LogP contribution in [0.3, 0.4) is 0 Å². The van der Waals surface area contributed by atoms with Crippen LogP contribution < -0.4 is 10.4 Å². The summed E-state index contributed by atoms with van der Waals surface area (Å²) in [5.74, 6) is 0.345. The largest absolute Gasteiger partial charge is 0.465 e. The van der Waals surface area contributed by atoms with E-state index in [1.54, 1.807) is 4.90 Å². The Kier molecular flexibility index (Phi) is 6.44. The molecule has 162 valence electrons. The zero-order valence-electron chi connectivity index (χ0n) is 18.9. The number of likely N-dealkylation sites (tertiary alicyclic amines) is 1. The van der Waals surface area contributed by atoms with Crippen molar-refractivity contribution in [2.45, 2.75) is 58.0 Å². The van der Waals surface area contributed by atoms with Crippen molar-refractivity contribution < 1.29 is 14.3 Å². The van der Waals surface area contributed by atoms with E-state index in [1.807, 2.05) is 13.8 Å². The minimum atomic E-state index is -2.55. The average Bonchev–Trinajstić information content (AvgIpc) is 2.68. The number of piperidine rings is 1. The number of carboxylic acid groups (broad SMARTS) is 1. The minimum absolute atomic E-state index is 0.0486. The van der Waals surface area contributed by atoms with E-state index in [-0.39, 0.29) is 10.6 Å². The zero-order chi connectivity index (χ0) is 22.0. The van der Waals surface area contributed by atoms with Crippen LogP contribution >= 0.6 is 0 Å². The predicted octanol–water partition coefficient (Wildman–Crippen LogP) is 4.73. The molecule has 1 fully saturated rings. The summed E-state index contributed by atoms with van der Waals surface area (Å²) in [5, 5.41) is 12.0. The fraction of sp³-hybridized carbons (Fsp3) is 0.480. The Morgan fingerprint density at radius 2 is 1.57 bits per heavy atom. The monoisotopic (exact) mass is 425 g/mol. The summed E-state index contributed by atoms with van der Waals surface area (Å²) < 4.78 is 7.07. The Bertz CT molecular complexity index is 806. The molecule has 2 aromatic carbocycles. The van der Waals surface area contributed by atoms with Gasteiger partial charge in [-0.3, -0.25) is 0 Å². The van der Waals surface area contributed by atoms with Crippen molar-refractivity contribution in [2.75, 3.05) is 13.2 Å². The Morgan fingerprint density at radius 3 is 1.97 bits per heavy atom. The second kappa shape index (κ2) is 8.56. The molecule has 4 nitrogen and oxygen atoms in total. The highest BCUT2D eigenvalue weighted by molar-refractivity contribution is 6.99. The molecule has 1 saturated heterocycles. The molecule has 1 heterocycles. The third kappa shape index (κ3) is 4.32. The lowest BCUT2D eigenvalue weighted by molar-refractivity contribution is 0.0342. The maximum absolute atomic E-state index is 11.6. The molecule has 3 rings (SSSR count). The van der Waals surface area contributed by atoms with Gasteiger partial charge in [-0.05, 0) is 48.0 Å². The van der Waals surface area contributed by atoms with Gasteiger partial charge in [-0.25, -0.2) is 4.79 Å². The van der Waals surface area contributed by atoms with Crippen molar-refractivity contribution in [3.05, 3.63) is 60.7 Å². The number of hydrogen-bond donors (Lipinski definition) is 1. The van der Waals surface area contributed by atoms with Crippen molar-refractivity contribution >= 4 is 24.8 Å². The number of hydrogen-bond acceptors (Lipinski definition) is 2. The first-order valence-corrected chi connectivity index (χ1v) is 12.7. The predicted molar refractivity (Wildman–Crippen MR) is 125 cm³/mol. The van der Waals surface area contributed by atoms with Crippen LogP contribution in [0.25, 0.3) is 0 Å². The van der Waals surface area contributed by atoms with Crippen LogP contribution in [-0.2, 0) is 4.43 Å². The molecule has 0 aliphatic carbocycles. The second-order valence-electron chi connectivity index (χ2n) is 10.1. The van der Waals surface area contributed by atoms with E-state index in [9.17, 15) is 9.90 Å². The van der Waals surface area contributed by atoms with Crippen LogP contribution in [0.15, 0.2) is 60.7 Å². The van der Waals surface area contributed by atoms with Gasteiger partial charge in [0.2, 0.25) is 0 Å². The molecular formula is C25H35NO3Si. The van der Waals surface area contributed by atoms with Gasteiger partial charge in [0.05, 0.1) is 0 Å². The first kappa shape index (κ1) is 22.6. The van der Waals surface area contributed by atoms with Gasteiger partial charge in [0.15, 0.2) is 0 Å². The van der Waals surface area contributed by atoms with Gasteiger partial charge in [-0.2, -0.15) is 0 Å². The molecule has 0 aromatic heterocycles. The summed E-state index contributed by atoms with van der Waals surface area (Å²) in [6, 6.07) is 21.4. The number of nitrogens with zero attached hydrogens (tertiary/aromatic N) is 1. The number of carbonyl (C=O) groups is 1. The van der Waals surface area contributed by atoms with Crippen molar-refractivity contribution in [3.63, 3.8) is 0 Å². The van der Waals surface area contributed by atoms with Gasteiger partial charge in [0.1, 0.15) is 0 Å². The Hall–Kier alpha value is -2.11. The third-order valence-electron chi connectivity index (χ3n) is 6.46. The van der Waals surface area contributed by atoms with E-state index in [1.165, 1.54) is 10.4 Å². The lowest BCUT2D eigenvalue weighted by atomic mass is 9.83. The molecule has 0 saturated carbocycles. The quantitative estimate of drug-likeness (QED) is 0.705. The van der Waals surface area contributed by atoms with Gasteiger partial charge in [0, 0.05) is 18.7 Å². The summed E-state index contributed by atoms with van der Waals surface area (Å²) in [5.41, 5.74) is -0.371. The summed E-state index contributed by atoms with van der Waals surface area (Å²) in [7, 11) is -2.55. The van der Waals surface area contributed by atoms with Gasteiger partial charge < -0.3 is 14.4 Å². The smallest absolute Gasteiger partial charge is 0.407 e. The molecule has 0 bridgehead atoms. The van der Waals surface area contributed by atoms with Crippen LogP contribution in [0.1, 0.15) is 47.5 Å². The summed E-state index contributed by atoms with van der Waals surface area (Å²) >= 11 is 0. The first-order valence-electron chi connectivity index (χ1n) is 10.8. The van der Waals surface area contributed by atoms with Crippen molar-refractivity contribution in [1.82, 2.24) is 4.90 Å². The van der Waals surface area contributed by atoms with Crippen molar-refractivity contribution in [2.24, 2.45) is 5.92 Å². The molecule has 2 aromatic rings. The van der Waals surface area contributed by atoms with Crippen molar-refractivity contribution in [3.8, 4) is 0 Å². The molecule has 1 unspecified atom stereocenters. The lowest BCUT2D eigenvalue weighted by Crippen LogP contribution is -2.67. The number of rotatable bonds is 5. The van der Waals surface area contributed by atoms with Crippen molar-refractivity contribution in [1.29, 1.82) is 0 Å². The number of amides is 1. The van der Waals surface area contributed by atoms with Gasteiger partial charge in [0.25, 0.3) is 8.32 Å². The zero-order valence-corrected chi connectivity index (χ0v) is 19.9. The molecular weight excluding hydrogens is 390 g/mol. The Morgan fingerprint density at radius 1 is 1.07 bits per heavy atom. The van der Waals surface area contributed by atoms with Gasteiger partial charge in [-0.1, -0.05) is 81.4 Å². The Labute approximate surface area is 182 Å². The summed E-state index contributed by atoms with van der Waals surface area (Å²) in [6.45, 7) is 12.1. The average molecular weight is 426 g/mol. The highest BCUT2D eigenvalue weighted by atomic mass is 28.4. The topological polar surface area (TPSA) is 49.8 Å². The second-order valence-corrected chi connectivity index (χ2v) is 14.4. The Balaban J connectivity index is 1.94. The van der Waals surface area contributed by atoms with Gasteiger partial charge >= 0.3 is 6.09 Å². The van der Waals surface area contributed by atoms with E-state index < -0.39 is 14.4 Å². The third-order valence-corrected chi connectivity index (χ3v) is 11.5. The van der Waals surface area contributed by atoms with E-state index in [4.69, 9.17) is 4.43 Å². The van der Waals surface area contributed by atoms with Crippen LogP contribution in [-0.4, -0.2) is 43.1 Å². The maximum atomic E-state index is 11.6. The molecule has 0 radical (unpaired) electrons. The standard InChI is InChI=1S/C25H35NO3Si/c1-24(2,3)30(21-12-8-6-9-13-21,22-14-10-7-11-15-22)29-19-20-16-17-26(23(27)28)25(4,5)18-20/h6-15,20H,16-19H2,1-5H3,(H,27,28).